The fourth-order valence-corrected chi connectivity index (χ4v) is 6.68. The van der Waals surface area contributed by atoms with E-state index in [2.05, 4.69) is 30.5 Å². The van der Waals surface area contributed by atoms with E-state index >= 15 is 0 Å². The lowest BCUT2D eigenvalue weighted by molar-refractivity contribution is -0.111. The highest BCUT2D eigenvalue weighted by Crippen LogP contribution is 2.41. The summed E-state index contributed by atoms with van der Waals surface area (Å²) < 4.78 is 10.9. The fourth-order valence-electron chi connectivity index (χ4n) is 6.37. The van der Waals surface area contributed by atoms with Gasteiger partial charge >= 0.3 is 0 Å². The molecule has 2 N–H and O–H groups in total. The quantitative estimate of drug-likeness (QED) is 0.205. The zero-order valence-electron chi connectivity index (χ0n) is 28.7. The smallest absolute Gasteiger partial charge is 0.256 e. The van der Waals surface area contributed by atoms with Gasteiger partial charge in [-0.15, -0.1) is 0 Å². The third-order valence-electron chi connectivity index (χ3n) is 8.86. The molecule has 0 bridgehead atoms. The van der Waals surface area contributed by atoms with Gasteiger partial charge in [0.05, 0.1) is 14.2 Å². The zero-order chi connectivity index (χ0) is 35.0. The molecule has 0 aliphatic carbocycles. The molecule has 0 saturated carbocycles. The van der Waals surface area contributed by atoms with Crippen molar-refractivity contribution in [3.05, 3.63) is 114 Å². The van der Waals surface area contributed by atoms with Gasteiger partial charge in [-0.3, -0.25) is 9.59 Å². The molecule has 0 fully saturated rings. The van der Waals surface area contributed by atoms with Crippen LogP contribution in [0.4, 0.5) is 11.4 Å². The maximum absolute atomic E-state index is 12.5. The molecule has 0 atom stereocenters. The van der Waals surface area contributed by atoms with E-state index in [1.165, 1.54) is 0 Å². The minimum Gasteiger partial charge on any atom is -0.496 e. The second-order valence-electron chi connectivity index (χ2n) is 12.5. The Morgan fingerprint density at radius 1 is 0.667 bits per heavy atom. The minimum absolute atomic E-state index is 0.0957. The average molecular weight is 684 g/mol. The summed E-state index contributed by atoms with van der Waals surface area (Å²) in [5.74, 6) is 1.89. The Morgan fingerprint density at radius 3 is 1.62 bits per heavy atom. The number of nitrogens with one attached hydrogen (secondary N) is 2. The Labute approximate surface area is 292 Å². The summed E-state index contributed by atoms with van der Waals surface area (Å²) in [4.78, 5) is 24.9. The van der Waals surface area contributed by atoms with E-state index in [-0.39, 0.29) is 11.8 Å². The van der Waals surface area contributed by atoms with Crippen molar-refractivity contribution in [2.24, 2.45) is 0 Å². The number of aryl methyl sites for hydroxylation is 3. The predicted octanol–water partition coefficient (Wildman–Crippen LogP) is 10.3. The SMILES string of the molecule is COc1c(C)cc(C=C2C(=O)Nc3ccc(Cl)c(C)c32)cc1C.COc1cc(C)c(C=C2C(=O)Nc3ccc(Cl)c(C)c32)cc1C(C)C. The van der Waals surface area contributed by atoms with Gasteiger partial charge in [0.25, 0.3) is 11.8 Å². The fraction of sp³-hybridized carbons (Fsp3) is 0.250. The van der Waals surface area contributed by atoms with Gasteiger partial charge in [-0.25, -0.2) is 0 Å². The molecule has 2 aliphatic rings. The molecule has 2 heterocycles. The van der Waals surface area contributed by atoms with Gasteiger partial charge in [0.15, 0.2) is 0 Å². The van der Waals surface area contributed by atoms with Crippen LogP contribution in [0.3, 0.4) is 0 Å². The lowest BCUT2D eigenvalue weighted by Crippen LogP contribution is -2.04. The number of halogens is 2. The van der Waals surface area contributed by atoms with Gasteiger partial charge in [0.2, 0.25) is 0 Å². The summed E-state index contributed by atoms with van der Waals surface area (Å²) in [7, 11) is 3.35. The standard InChI is InChI=1S/C21H22ClNO2.C19H18ClNO2/c1-11(2)15-9-14(12(3)8-19(15)25-5)10-16-20-13(4)17(22)6-7-18(20)23-21(16)24;1-10-7-13(8-11(2)18(10)23-4)9-14-17-12(3)15(20)5-6-16(17)21-19(14)22/h6-11H,1-5H3,(H,23,24);5-9H,1-4H3,(H,21,22). The maximum Gasteiger partial charge on any atom is 0.256 e. The lowest BCUT2D eigenvalue weighted by atomic mass is 9.93. The number of hydrogen-bond acceptors (Lipinski definition) is 4. The summed E-state index contributed by atoms with van der Waals surface area (Å²) in [6.45, 7) is 14.2. The third kappa shape index (κ3) is 6.60. The van der Waals surface area contributed by atoms with Gasteiger partial charge in [-0.1, -0.05) is 37.0 Å². The molecule has 248 valence electrons. The van der Waals surface area contributed by atoms with E-state index in [0.29, 0.717) is 27.1 Å². The van der Waals surface area contributed by atoms with Gasteiger partial charge in [0, 0.05) is 43.7 Å². The second-order valence-corrected chi connectivity index (χ2v) is 13.3. The number of carbonyl (C=O) groups excluding carboxylic acids is 2. The average Bonchev–Trinajstić information content (AvgIpc) is 3.53. The molecule has 0 saturated heterocycles. The van der Waals surface area contributed by atoms with Crippen molar-refractivity contribution in [1.29, 1.82) is 0 Å². The van der Waals surface area contributed by atoms with Crippen molar-refractivity contribution in [3.63, 3.8) is 0 Å². The third-order valence-corrected chi connectivity index (χ3v) is 9.68. The van der Waals surface area contributed by atoms with Crippen LogP contribution >= 0.6 is 23.2 Å². The Balaban J connectivity index is 0.000000188. The monoisotopic (exact) mass is 682 g/mol. The van der Waals surface area contributed by atoms with Crippen molar-refractivity contribution in [1.82, 2.24) is 0 Å². The number of ether oxygens (including phenoxy) is 2. The summed E-state index contributed by atoms with van der Waals surface area (Å²) in [6.07, 6.45) is 3.86. The first-order chi connectivity index (χ1) is 22.7. The van der Waals surface area contributed by atoms with E-state index in [1.807, 2.05) is 83.2 Å². The van der Waals surface area contributed by atoms with Crippen LogP contribution < -0.4 is 20.1 Å². The molecule has 8 heteroatoms. The number of benzene rings is 4. The molecule has 6 rings (SSSR count). The van der Waals surface area contributed by atoms with Crippen LogP contribution in [0.25, 0.3) is 23.3 Å². The molecule has 4 aromatic rings. The molecule has 0 unspecified atom stereocenters. The highest BCUT2D eigenvalue weighted by atomic mass is 35.5. The summed E-state index contributed by atoms with van der Waals surface area (Å²) in [5, 5.41) is 7.14. The highest BCUT2D eigenvalue weighted by molar-refractivity contribution is 6.38. The van der Waals surface area contributed by atoms with Crippen LogP contribution in [0.15, 0.2) is 48.5 Å². The van der Waals surface area contributed by atoms with E-state index in [4.69, 9.17) is 32.7 Å². The zero-order valence-corrected chi connectivity index (χ0v) is 30.3. The Kier molecular flexibility index (Phi) is 10.1. The summed E-state index contributed by atoms with van der Waals surface area (Å²) in [6, 6.07) is 15.5. The largest absolute Gasteiger partial charge is 0.496 e. The van der Waals surface area contributed by atoms with Gasteiger partial charge in [-0.2, -0.15) is 0 Å². The van der Waals surface area contributed by atoms with Crippen molar-refractivity contribution in [2.45, 2.75) is 54.4 Å². The van der Waals surface area contributed by atoms with Crippen molar-refractivity contribution >= 4 is 69.7 Å². The Bertz CT molecular complexity index is 2020. The molecule has 4 aromatic carbocycles. The molecule has 2 amide bonds. The summed E-state index contributed by atoms with van der Waals surface area (Å²) in [5.41, 5.74) is 12.8. The van der Waals surface area contributed by atoms with Crippen LogP contribution in [0, 0.1) is 34.6 Å². The van der Waals surface area contributed by atoms with Crippen molar-refractivity contribution in [2.75, 3.05) is 24.9 Å². The lowest BCUT2D eigenvalue weighted by Gasteiger charge is -2.15. The first-order valence-corrected chi connectivity index (χ1v) is 16.5. The van der Waals surface area contributed by atoms with E-state index < -0.39 is 0 Å². The maximum atomic E-state index is 12.5. The first-order valence-electron chi connectivity index (χ1n) is 15.7. The summed E-state index contributed by atoms with van der Waals surface area (Å²) >= 11 is 12.5. The van der Waals surface area contributed by atoms with E-state index in [1.54, 1.807) is 20.3 Å². The minimum atomic E-state index is -0.100. The number of amides is 2. The topological polar surface area (TPSA) is 76.7 Å². The van der Waals surface area contributed by atoms with Crippen LogP contribution in [-0.4, -0.2) is 26.0 Å². The van der Waals surface area contributed by atoms with Crippen molar-refractivity contribution < 1.29 is 19.1 Å². The number of anilines is 2. The van der Waals surface area contributed by atoms with E-state index in [9.17, 15) is 9.59 Å². The normalized spacial score (nSPS) is 14.8. The Hall–Kier alpha value is -4.52. The predicted molar refractivity (Wildman–Crippen MR) is 200 cm³/mol. The van der Waals surface area contributed by atoms with Crippen LogP contribution in [0.1, 0.15) is 75.4 Å². The molecular formula is C40H40Cl2N2O4. The molecular weight excluding hydrogens is 643 g/mol. The van der Waals surface area contributed by atoms with Crippen molar-refractivity contribution in [3.8, 4) is 11.5 Å². The van der Waals surface area contributed by atoms with Gasteiger partial charge in [0.1, 0.15) is 11.5 Å². The molecule has 6 nitrogen and oxygen atoms in total. The number of carbonyl (C=O) groups is 2. The molecule has 0 radical (unpaired) electrons. The molecule has 2 aliphatic heterocycles. The number of hydrogen-bond donors (Lipinski definition) is 2. The Morgan fingerprint density at radius 2 is 1.17 bits per heavy atom. The van der Waals surface area contributed by atoms with Crippen LogP contribution in [0.2, 0.25) is 10.0 Å². The number of methoxy groups -OCH3 is 2. The molecule has 0 aromatic heterocycles. The first kappa shape index (κ1) is 34.8. The second kappa shape index (κ2) is 13.9. The van der Waals surface area contributed by atoms with E-state index in [0.717, 1.165) is 78.5 Å². The molecule has 48 heavy (non-hydrogen) atoms. The highest BCUT2D eigenvalue weighted by Gasteiger charge is 2.28. The molecule has 0 spiro atoms. The van der Waals surface area contributed by atoms with Gasteiger partial charge in [-0.05, 0) is 146 Å². The number of rotatable bonds is 5. The van der Waals surface area contributed by atoms with Crippen LogP contribution in [0.5, 0.6) is 11.5 Å². The number of fused-ring (bicyclic) bond motifs is 2. The van der Waals surface area contributed by atoms with Crippen LogP contribution in [-0.2, 0) is 9.59 Å². The van der Waals surface area contributed by atoms with Gasteiger partial charge < -0.3 is 20.1 Å².